The maximum absolute atomic E-state index is 11.6. The second-order valence-corrected chi connectivity index (χ2v) is 10.3. The van der Waals surface area contributed by atoms with Crippen LogP contribution in [0.4, 0.5) is 0 Å². The fourth-order valence-electron chi connectivity index (χ4n) is 3.11. The van der Waals surface area contributed by atoms with Gasteiger partial charge in [-0.05, 0) is 18.3 Å². The van der Waals surface area contributed by atoms with E-state index < -0.39 is 9.84 Å². The van der Waals surface area contributed by atoms with Gasteiger partial charge in [0.1, 0.15) is 0 Å². The molecule has 1 unspecified atom stereocenters. The summed E-state index contributed by atoms with van der Waals surface area (Å²) in [6, 6.07) is 0. The minimum atomic E-state index is -2.83. The van der Waals surface area contributed by atoms with Crippen molar-refractivity contribution in [2.24, 2.45) is 16.8 Å². The van der Waals surface area contributed by atoms with Crippen molar-refractivity contribution in [3.63, 3.8) is 0 Å². The average Bonchev–Trinajstić information content (AvgIpc) is 3.12. The highest BCUT2D eigenvalue weighted by molar-refractivity contribution is 14.0. The Bertz CT molecular complexity index is 703. The molecule has 1 N–H and O–H groups in total. The van der Waals surface area contributed by atoms with E-state index in [9.17, 15) is 8.42 Å². The predicted octanol–water partition coefficient (Wildman–Crippen LogP) is 2.16. The van der Waals surface area contributed by atoms with Gasteiger partial charge in [-0.3, -0.25) is 4.99 Å². The van der Waals surface area contributed by atoms with Crippen LogP contribution in [0.5, 0.6) is 0 Å². The summed E-state index contributed by atoms with van der Waals surface area (Å²) in [5.74, 6) is 2.23. The number of fused-ring (bicyclic) bond motifs is 1. The van der Waals surface area contributed by atoms with Crippen LogP contribution in [0.3, 0.4) is 0 Å². The summed E-state index contributed by atoms with van der Waals surface area (Å²) in [6.45, 7) is 7.51. The molecule has 0 radical (unpaired) electrons. The second-order valence-electron chi connectivity index (χ2n) is 7.10. The lowest BCUT2D eigenvalue weighted by atomic mass is 10.1. The lowest BCUT2D eigenvalue weighted by Gasteiger charge is -2.30. The Balaban J connectivity index is 0.00000225. The summed E-state index contributed by atoms with van der Waals surface area (Å²) in [4.78, 5) is 12.8. The van der Waals surface area contributed by atoms with E-state index in [1.165, 1.54) is 10.6 Å². The van der Waals surface area contributed by atoms with Crippen LogP contribution in [-0.2, 0) is 22.8 Å². The van der Waals surface area contributed by atoms with Gasteiger partial charge in [-0.25, -0.2) is 13.4 Å². The number of hydrogen-bond acceptors (Lipinski definition) is 5. The summed E-state index contributed by atoms with van der Waals surface area (Å²) in [5.41, 5.74) is 3.12. The largest absolute Gasteiger partial charge is 0.356 e. The number of hydrogen-bond donors (Lipinski definition) is 1. The van der Waals surface area contributed by atoms with Crippen LogP contribution < -0.4 is 5.32 Å². The van der Waals surface area contributed by atoms with Crippen molar-refractivity contribution >= 4 is 51.1 Å². The smallest absolute Gasteiger partial charge is 0.194 e. The fourth-order valence-corrected chi connectivity index (χ4v) is 5.80. The molecule has 0 saturated carbocycles. The zero-order valence-corrected chi connectivity index (χ0v) is 18.7. The van der Waals surface area contributed by atoms with Gasteiger partial charge in [0.05, 0.1) is 29.3 Å². The van der Waals surface area contributed by atoms with E-state index in [0.717, 1.165) is 38.4 Å². The Morgan fingerprint density at radius 1 is 1.52 bits per heavy atom. The Morgan fingerprint density at radius 3 is 3.00 bits per heavy atom. The second kappa shape index (κ2) is 8.98. The molecule has 3 rings (SSSR count). The van der Waals surface area contributed by atoms with E-state index in [2.05, 4.69) is 29.0 Å². The number of sulfone groups is 1. The first kappa shape index (κ1) is 20.9. The molecule has 1 aromatic rings. The number of nitrogens with one attached hydrogen (secondary N) is 1. The van der Waals surface area contributed by atoms with Gasteiger partial charge in [0.15, 0.2) is 15.8 Å². The first-order valence-corrected chi connectivity index (χ1v) is 11.3. The number of nitrogens with zero attached hydrogens (tertiary/aromatic N) is 3. The minimum absolute atomic E-state index is 0. The van der Waals surface area contributed by atoms with Crippen molar-refractivity contribution in [1.82, 2.24) is 15.2 Å². The highest BCUT2D eigenvalue weighted by Gasteiger charge is 2.28. The van der Waals surface area contributed by atoms with Gasteiger partial charge in [0.25, 0.3) is 0 Å². The molecule has 6 nitrogen and oxygen atoms in total. The lowest BCUT2D eigenvalue weighted by Crippen LogP contribution is -2.45. The number of aliphatic imine (C=N–C) groups is 1. The molecule has 1 fully saturated rings. The molecular formula is C16H27IN4O2S2. The minimum Gasteiger partial charge on any atom is -0.356 e. The number of aromatic nitrogens is 1. The molecule has 0 bridgehead atoms. The molecular weight excluding hydrogens is 471 g/mol. The van der Waals surface area contributed by atoms with E-state index in [1.807, 2.05) is 5.51 Å². The molecule has 0 amide bonds. The monoisotopic (exact) mass is 498 g/mol. The number of halogens is 1. The maximum Gasteiger partial charge on any atom is 0.194 e. The van der Waals surface area contributed by atoms with Crippen LogP contribution in [0.2, 0.25) is 0 Å². The van der Waals surface area contributed by atoms with Crippen molar-refractivity contribution in [2.75, 3.05) is 31.1 Å². The summed E-state index contributed by atoms with van der Waals surface area (Å²) in [5, 5.41) is 3.44. The Hall–Kier alpha value is -0.420. The van der Waals surface area contributed by atoms with Crippen molar-refractivity contribution in [2.45, 2.75) is 33.2 Å². The highest BCUT2D eigenvalue weighted by atomic mass is 127. The molecule has 1 aromatic heterocycles. The van der Waals surface area contributed by atoms with Gasteiger partial charge < -0.3 is 10.2 Å². The van der Waals surface area contributed by atoms with Gasteiger partial charge in [0.2, 0.25) is 0 Å². The Morgan fingerprint density at radius 2 is 2.32 bits per heavy atom. The van der Waals surface area contributed by atoms with Gasteiger partial charge in [0, 0.05) is 30.9 Å². The molecule has 142 valence electrons. The first-order chi connectivity index (χ1) is 11.4. The summed E-state index contributed by atoms with van der Waals surface area (Å²) in [7, 11) is -2.83. The molecule has 1 saturated heterocycles. The third kappa shape index (κ3) is 5.78. The van der Waals surface area contributed by atoms with Crippen molar-refractivity contribution in [1.29, 1.82) is 0 Å². The standard InChI is InChI=1S/C16H26N4O2S2.HI/c1-12(2)7-17-16(18-8-13-4-6-24(21,22)10-13)20-5-3-14-15(9-20)23-11-19-14;/h11-13H,3-10H2,1-2H3,(H,17,18);1H. The van der Waals surface area contributed by atoms with Crippen molar-refractivity contribution < 1.29 is 8.42 Å². The van der Waals surface area contributed by atoms with Crippen molar-refractivity contribution in [3.8, 4) is 0 Å². The van der Waals surface area contributed by atoms with Crippen LogP contribution in [-0.4, -0.2) is 55.4 Å². The van der Waals surface area contributed by atoms with Crippen LogP contribution in [0.1, 0.15) is 30.8 Å². The summed E-state index contributed by atoms with van der Waals surface area (Å²) < 4.78 is 23.3. The van der Waals surface area contributed by atoms with Crippen molar-refractivity contribution in [3.05, 3.63) is 16.1 Å². The summed E-state index contributed by atoms with van der Waals surface area (Å²) in [6.07, 6.45) is 1.70. The Kier molecular flexibility index (Phi) is 7.51. The average molecular weight is 498 g/mol. The normalized spacial score (nSPS) is 22.6. The fraction of sp³-hybridized carbons (Fsp3) is 0.750. The Labute approximate surface area is 171 Å². The van der Waals surface area contributed by atoms with Crippen LogP contribution >= 0.6 is 35.3 Å². The maximum atomic E-state index is 11.6. The number of guanidine groups is 1. The molecule has 0 spiro atoms. The molecule has 3 heterocycles. The quantitative estimate of drug-likeness (QED) is 0.391. The van der Waals surface area contributed by atoms with Crippen LogP contribution in [0.15, 0.2) is 10.5 Å². The van der Waals surface area contributed by atoms with Crippen LogP contribution in [0.25, 0.3) is 0 Å². The molecule has 0 aromatic carbocycles. The molecule has 2 aliphatic rings. The van der Waals surface area contributed by atoms with E-state index in [0.29, 0.717) is 24.0 Å². The van der Waals surface area contributed by atoms with E-state index in [-0.39, 0.29) is 29.9 Å². The molecule has 25 heavy (non-hydrogen) atoms. The predicted molar refractivity (Wildman–Crippen MR) is 114 cm³/mol. The lowest BCUT2D eigenvalue weighted by molar-refractivity contribution is 0.374. The van der Waals surface area contributed by atoms with Gasteiger partial charge in [-0.15, -0.1) is 35.3 Å². The van der Waals surface area contributed by atoms with Crippen LogP contribution in [0, 0.1) is 11.8 Å². The third-order valence-electron chi connectivity index (χ3n) is 4.46. The molecule has 1 atom stereocenters. The molecule has 9 heteroatoms. The van der Waals surface area contributed by atoms with E-state index in [1.54, 1.807) is 11.3 Å². The van der Waals surface area contributed by atoms with Gasteiger partial charge in [-0.1, -0.05) is 13.8 Å². The number of rotatable bonds is 4. The molecule has 2 aliphatic heterocycles. The summed E-state index contributed by atoms with van der Waals surface area (Å²) >= 11 is 1.70. The zero-order valence-electron chi connectivity index (χ0n) is 14.8. The third-order valence-corrected chi connectivity index (χ3v) is 7.16. The molecule has 0 aliphatic carbocycles. The zero-order chi connectivity index (χ0) is 17.2. The van der Waals surface area contributed by atoms with Gasteiger partial charge >= 0.3 is 0 Å². The number of thiazole rings is 1. The van der Waals surface area contributed by atoms with Gasteiger partial charge in [-0.2, -0.15) is 0 Å². The van der Waals surface area contributed by atoms with E-state index >= 15 is 0 Å². The van der Waals surface area contributed by atoms with E-state index in [4.69, 9.17) is 4.99 Å². The first-order valence-electron chi connectivity index (χ1n) is 8.58. The topological polar surface area (TPSA) is 74.7 Å². The highest BCUT2D eigenvalue weighted by Crippen LogP contribution is 2.22. The SMILES string of the molecule is CC(C)CN=C(NCC1CCS(=O)(=O)C1)N1CCc2ncsc2C1.I.